The number of fused-ring (bicyclic) bond motifs is 2. The fourth-order valence-corrected chi connectivity index (χ4v) is 4.69. The molecule has 1 unspecified atom stereocenters. The predicted molar refractivity (Wildman–Crippen MR) is 116 cm³/mol. The van der Waals surface area contributed by atoms with E-state index < -0.39 is 6.10 Å². The van der Waals surface area contributed by atoms with E-state index in [0.29, 0.717) is 0 Å². The van der Waals surface area contributed by atoms with Gasteiger partial charge in [0.2, 0.25) is 5.95 Å². The van der Waals surface area contributed by atoms with Gasteiger partial charge in [-0.1, -0.05) is 0 Å². The molecule has 0 radical (unpaired) electrons. The first-order valence-electron chi connectivity index (χ1n) is 11.1. The molecule has 1 saturated heterocycles. The lowest BCUT2D eigenvalue weighted by molar-refractivity contribution is -0.123. The molecule has 1 aromatic heterocycles. The summed E-state index contributed by atoms with van der Waals surface area (Å²) >= 11 is 0. The minimum atomic E-state index is -0.391. The second-order valence-corrected chi connectivity index (χ2v) is 8.44. The molecule has 5 rings (SSSR count). The van der Waals surface area contributed by atoms with Gasteiger partial charge >= 0.3 is 0 Å². The maximum Gasteiger partial charge on any atom is 0.265 e. The Morgan fingerprint density at radius 2 is 1.77 bits per heavy atom. The summed E-state index contributed by atoms with van der Waals surface area (Å²) in [6.45, 7) is 4.83. The standard InChI is InChI=1S/C23H29N5O2/c29-22-20(30-21-16-18-6-2-1-5-17(18)15-19(21)26-22)7-3-10-27-11-13-28(14-12-27)23-24-8-4-9-25-23/h4,8-9,15-16,20H,1-3,5-7,10-14H2,(H,26,29). The summed E-state index contributed by atoms with van der Waals surface area (Å²) in [7, 11) is 0. The van der Waals surface area contributed by atoms with Crippen LogP contribution in [0.1, 0.15) is 36.8 Å². The number of piperazine rings is 1. The van der Waals surface area contributed by atoms with Crippen LogP contribution in [0.15, 0.2) is 30.6 Å². The molecule has 0 saturated carbocycles. The number of nitrogens with one attached hydrogen (secondary N) is 1. The molecule has 0 bridgehead atoms. The lowest BCUT2D eigenvalue weighted by Crippen LogP contribution is -2.47. The highest BCUT2D eigenvalue weighted by Crippen LogP contribution is 2.36. The Morgan fingerprint density at radius 1 is 1.03 bits per heavy atom. The number of aryl methyl sites for hydroxylation is 2. The van der Waals surface area contributed by atoms with Crippen molar-refractivity contribution in [3.05, 3.63) is 41.7 Å². The molecule has 158 valence electrons. The maximum absolute atomic E-state index is 12.5. The lowest BCUT2D eigenvalue weighted by Gasteiger charge is -2.35. The van der Waals surface area contributed by atoms with Gasteiger partial charge in [0.1, 0.15) is 5.75 Å². The summed E-state index contributed by atoms with van der Waals surface area (Å²) in [5, 5.41) is 3.07. The summed E-state index contributed by atoms with van der Waals surface area (Å²) in [4.78, 5) is 25.9. The third-order valence-electron chi connectivity index (χ3n) is 6.41. The molecular formula is C23H29N5O2. The third-order valence-corrected chi connectivity index (χ3v) is 6.41. The van der Waals surface area contributed by atoms with Crippen molar-refractivity contribution < 1.29 is 9.53 Å². The highest BCUT2D eigenvalue weighted by molar-refractivity contribution is 5.97. The Morgan fingerprint density at radius 3 is 2.53 bits per heavy atom. The average molecular weight is 408 g/mol. The van der Waals surface area contributed by atoms with Crippen molar-refractivity contribution in [1.29, 1.82) is 0 Å². The smallest absolute Gasteiger partial charge is 0.265 e. The quantitative estimate of drug-likeness (QED) is 0.822. The summed E-state index contributed by atoms with van der Waals surface area (Å²) in [6, 6.07) is 6.12. The number of aromatic nitrogens is 2. The zero-order chi connectivity index (χ0) is 20.3. The molecule has 1 atom stereocenters. The van der Waals surface area contributed by atoms with E-state index in [1.165, 1.54) is 24.0 Å². The van der Waals surface area contributed by atoms with Crippen molar-refractivity contribution in [2.45, 2.75) is 44.6 Å². The Labute approximate surface area is 177 Å². The Kier molecular flexibility index (Phi) is 5.53. The number of ether oxygens (including phenoxy) is 1. The molecule has 3 aliphatic rings. The molecule has 0 spiro atoms. The maximum atomic E-state index is 12.5. The van der Waals surface area contributed by atoms with Crippen LogP contribution in [0.25, 0.3) is 0 Å². The van der Waals surface area contributed by atoms with Crippen molar-refractivity contribution in [1.82, 2.24) is 14.9 Å². The zero-order valence-corrected chi connectivity index (χ0v) is 17.3. The largest absolute Gasteiger partial charge is 0.478 e. The number of carbonyl (C=O) groups is 1. The van der Waals surface area contributed by atoms with Gasteiger partial charge in [0.15, 0.2) is 6.10 Å². The number of nitrogens with zero attached hydrogens (tertiary/aromatic N) is 4. The Hall–Kier alpha value is -2.67. The van der Waals surface area contributed by atoms with Gasteiger partial charge in [0, 0.05) is 38.6 Å². The van der Waals surface area contributed by atoms with Crippen LogP contribution in [0.5, 0.6) is 5.75 Å². The molecular weight excluding hydrogens is 378 g/mol. The average Bonchev–Trinajstić information content (AvgIpc) is 2.79. The van der Waals surface area contributed by atoms with E-state index in [9.17, 15) is 4.79 Å². The topological polar surface area (TPSA) is 70.6 Å². The summed E-state index contributed by atoms with van der Waals surface area (Å²) in [6.07, 6.45) is 9.57. The van der Waals surface area contributed by atoms with Crippen LogP contribution >= 0.6 is 0 Å². The van der Waals surface area contributed by atoms with Crippen LogP contribution in [0.4, 0.5) is 11.6 Å². The fraction of sp³-hybridized carbons (Fsp3) is 0.522. The first-order chi connectivity index (χ1) is 14.8. The van der Waals surface area contributed by atoms with Gasteiger partial charge in [-0.05, 0) is 74.4 Å². The van der Waals surface area contributed by atoms with Crippen molar-refractivity contribution in [3.8, 4) is 5.75 Å². The van der Waals surface area contributed by atoms with E-state index in [-0.39, 0.29) is 5.91 Å². The summed E-state index contributed by atoms with van der Waals surface area (Å²) in [5.74, 6) is 1.64. The first kappa shape index (κ1) is 19.3. The van der Waals surface area contributed by atoms with E-state index in [4.69, 9.17) is 4.74 Å². The second-order valence-electron chi connectivity index (χ2n) is 8.44. The molecule has 1 amide bonds. The van der Waals surface area contributed by atoms with Crippen molar-refractivity contribution in [3.63, 3.8) is 0 Å². The highest BCUT2D eigenvalue weighted by atomic mass is 16.5. The molecule has 1 aliphatic carbocycles. The van der Waals surface area contributed by atoms with E-state index in [2.05, 4.69) is 37.2 Å². The molecule has 1 fully saturated rings. The molecule has 7 nitrogen and oxygen atoms in total. The van der Waals surface area contributed by atoms with Crippen LogP contribution in [0.3, 0.4) is 0 Å². The molecule has 3 heterocycles. The number of hydrogen-bond donors (Lipinski definition) is 1. The van der Waals surface area contributed by atoms with Crippen LogP contribution in [-0.4, -0.2) is 59.6 Å². The van der Waals surface area contributed by atoms with Crippen LogP contribution in [0.2, 0.25) is 0 Å². The van der Waals surface area contributed by atoms with E-state index >= 15 is 0 Å². The van der Waals surface area contributed by atoms with Gasteiger partial charge in [0.25, 0.3) is 5.91 Å². The van der Waals surface area contributed by atoms with E-state index in [1.807, 2.05) is 6.07 Å². The second kappa shape index (κ2) is 8.60. The first-order valence-corrected chi connectivity index (χ1v) is 11.1. The monoisotopic (exact) mass is 407 g/mol. The molecule has 7 heteroatoms. The SMILES string of the molecule is O=C1Nc2cc3c(cc2OC1CCCN1CCN(c2ncccn2)CC1)CCCC3. The van der Waals surface area contributed by atoms with Crippen LogP contribution in [0, 0.1) is 0 Å². The number of carbonyl (C=O) groups excluding carboxylic acids is 1. The highest BCUT2D eigenvalue weighted by Gasteiger charge is 2.29. The normalized spacial score (nSPS) is 21.4. The Balaban J connectivity index is 1.11. The van der Waals surface area contributed by atoms with Crippen molar-refractivity contribution in [2.24, 2.45) is 0 Å². The molecule has 2 aliphatic heterocycles. The van der Waals surface area contributed by atoms with Crippen LogP contribution < -0.4 is 15.0 Å². The van der Waals surface area contributed by atoms with E-state index in [0.717, 1.165) is 75.8 Å². The van der Waals surface area contributed by atoms with Crippen LogP contribution in [-0.2, 0) is 17.6 Å². The third kappa shape index (κ3) is 4.12. The molecule has 30 heavy (non-hydrogen) atoms. The lowest BCUT2D eigenvalue weighted by atomic mass is 9.90. The molecule has 1 N–H and O–H groups in total. The van der Waals surface area contributed by atoms with Gasteiger partial charge < -0.3 is 15.0 Å². The van der Waals surface area contributed by atoms with Crippen molar-refractivity contribution >= 4 is 17.5 Å². The fourth-order valence-electron chi connectivity index (χ4n) is 4.69. The number of rotatable bonds is 5. The minimum Gasteiger partial charge on any atom is -0.478 e. The van der Waals surface area contributed by atoms with Gasteiger partial charge in [0.05, 0.1) is 5.69 Å². The van der Waals surface area contributed by atoms with Gasteiger partial charge in [-0.25, -0.2) is 9.97 Å². The minimum absolute atomic E-state index is 0.00990. The zero-order valence-electron chi connectivity index (χ0n) is 17.3. The molecule has 2 aromatic rings. The van der Waals surface area contributed by atoms with Gasteiger partial charge in [-0.2, -0.15) is 0 Å². The predicted octanol–water partition coefficient (Wildman–Crippen LogP) is 2.66. The molecule has 1 aromatic carbocycles. The van der Waals surface area contributed by atoms with Gasteiger partial charge in [-0.15, -0.1) is 0 Å². The van der Waals surface area contributed by atoms with E-state index in [1.54, 1.807) is 12.4 Å². The number of benzene rings is 1. The number of anilines is 2. The summed E-state index contributed by atoms with van der Waals surface area (Å²) < 4.78 is 6.12. The Bertz CT molecular complexity index is 896. The number of hydrogen-bond acceptors (Lipinski definition) is 6. The van der Waals surface area contributed by atoms with Gasteiger partial charge in [-0.3, -0.25) is 9.69 Å². The number of amides is 1. The summed E-state index contributed by atoms with van der Waals surface area (Å²) in [5.41, 5.74) is 3.59. The van der Waals surface area contributed by atoms with Crippen molar-refractivity contribution in [2.75, 3.05) is 42.9 Å².